The molecule has 2 aromatic heterocycles. The van der Waals surface area contributed by atoms with Crippen LogP contribution in [0.4, 0.5) is 0 Å². The Morgan fingerprint density at radius 1 is 1.10 bits per heavy atom. The molecule has 0 amide bonds. The molecule has 0 unspecified atom stereocenters. The molecular weight excluding hydrogens is 296 g/mol. The molecule has 0 spiro atoms. The summed E-state index contributed by atoms with van der Waals surface area (Å²) in [5.41, 5.74) is 2.41. The lowest BCUT2D eigenvalue weighted by molar-refractivity contribution is 0.668. The molecule has 0 fully saturated rings. The highest BCUT2D eigenvalue weighted by Crippen LogP contribution is 2.37. The minimum atomic E-state index is 0.833. The van der Waals surface area contributed by atoms with Gasteiger partial charge in [0.05, 0.1) is 15.4 Å². The third-order valence-electron chi connectivity index (χ3n) is 3.18. The first kappa shape index (κ1) is 14.4. The van der Waals surface area contributed by atoms with E-state index in [9.17, 15) is 0 Å². The van der Waals surface area contributed by atoms with Gasteiger partial charge in [0.2, 0.25) is 0 Å². The Hall–Kier alpha value is -1.49. The highest BCUT2D eigenvalue weighted by molar-refractivity contribution is 7.23. The monoisotopic (exact) mass is 314 g/mol. The summed E-state index contributed by atoms with van der Waals surface area (Å²) in [6.07, 6.45) is 1.14. The molecule has 2 heterocycles. The van der Waals surface area contributed by atoms with Crippen LogP contribution < -0.4 is 5.32 Å². The smallest absolute Gasteiger partial charge is 0.134 e. The first-order valence-corrected chi connectivity index (χ1v) is 8.88. The number of hydrogen-bond acceptors (Lipinski definition) is 4. The average molecular weight is 314 g/mol. The van der Waals surface area contributed by atoms with Gasteiger partial charge in [0.15, 0.2) is 0 Å². The number of benzene rings is 1. The van der Waals surface area contributed by atoms with Crippen LogP contribution >= 0.6 is 22.7 Å². The molecule has 3 rings (SSSR count). The zero-order valence-electron chi connectivity index (χ0n) is 12.0. The normalized spacial score (nSPS) is 10.9. The van der Waals surface area contributed by atoms with Crippen molar-refractivity contribution in [3.05, 3.63) is 53.5 Å². The Morgan fingerprint density at radius 2 is 1.95 bits per heavy atom. The van der Waals surface area contributed by atoms with Gasteiger partial charge in [0.25, 0.3) is 0 Å². The van der Waals surface area contributed by atoms with Crippen molar-refractivity contribution in [3.8, 4) is 20.3 Å². The minimum absolute atomic E-state index is 0.833. The SMILES string of the molecule is CCCNCc1nc(-c2cccs2)sc1-c1ccccc1. The van der Waals surface area contributed by atoms with Gasteiger partial charge in [0.1, 0.15) is 5.01 Å². The topological polar surface area (TPSA) is 24.9 Å². The first-order chi connectivity index (χ1) is 10.4. The van der Waals surface area contributed by atoms with Crippen LogP contribution in [0, 0.1) is 0 Å². The maximum absolute atomic E-state index is 4.87. The van der Waals surface area contributed by atoms with Gasteiger partial charge in [-0.1, -0.05) is 43.3 Å². The van der Waals surface area contributed by atoms with Gasteiger partial charge in [0, 0.05) is 6.54 Å². The van der Waals surface area contributed by atoms with Crippen LogP contribution in [0.1, 0.15) is 19.0 Å². The lowest BCUT2D eigenvalue weighted by Gasteiger charge is -2.03. The fourth-order valence-electron chi connectivity index (χ4n) is 2.18. The van der Waals surface area contributed by atoms with Crippen molar-refractivity contribution in [3.63, 3.8) is 0 Å². The van der Waals surface area contributed by atoms with Crippen molar-refractivity contribution < 1.29 is 0 Å². The fraction of sp³-hybridized carbons (Fsp3) is 0.235. The number of thiophene rings is 1. The molecule has 1 aromatic carbocycles. The van der Waals surface area contributed by atoms with E-state index in [1.165, 1.54) is 15.3 Å². The van der Waals surface area contributed by atoms with Gasteiger partial charge in [-0.3, -0.25) is 0 Å². The molecule has 108 valence electrons. The Kier molecular flexibility index (Phi) is 4.80. The zero-order valence-corrected chi connectivity index (χ0v) is 13.6. The second kappa shape index (κ2) is 6.98. The van der Waals surface area contributed by atoms with E-state index >= 15 is 0 Å². The van der Waals surface area contributed by atoms with Crippen LogP contribution in [0.2, 0.25) is 0 Å². The number of nitrogens with zero attached hydrogens (tertiary/aromatic N) is 1. The van der Waals surface area contributed by atoms with Gasteiger partial charge in [-0.05, 0) is 30.0 Å². The van der Waals surface area contributed by atoms with E-state index < -0.39 is 0 Å². The summed E-state index contributed by atoms with van der Waals surface area (Å²) in [6, 6.07) is 14.8. The van der Waals surface area contributed by atoms with Crippen molar-refractivity contribution in [2.75, 3.05) is 6.54 Å². The standard InChI is InChI=1S/C17H18N2S2/c1-2-10-18-12-14-16(13-7-4-3-5-8-13)21-17(19-14)15-9-6-11-20-15/h3-9,11,18H,2,10,12H2,1H3. The van der Waals surface area contributed by atoms with Crippen LogP contribution in [0.25, 0.3) is 20.3 Å². The summed E-state index contributed by atoms with van der Waals surface area (Å²) in [7, 11) is 0. The van der Waals surface area contributed by atoms with Crippen molar-refractivity contribution >= 4 is 22.7 Å². The van der Waals surface area contributed by atoms with Crippen molar-refractivity contribution in [2.24, 2.45) is 0 Å². The van der Waals surface area contributed by atoms with Crippen LogP contribution in [0.5, 0.6) is 0 Å². The van der Waals surface area contributed by atoms with Gasteiger partial charge in [-0.2, -0.15) is 0 Å². The molecule has 2 nitrogen and oxygen atoms in total. The van der Waals surface area contributed by atoms with E-state index in [0.717, 1.165) is 30.2 Å². The Labute approximate surface area is 133 Å². The van der Waals surface area contributed by atoms with Gasteiger partial charge in [-0.15, -0.1) is 22.7 Å². The summed E-state index contributed by atoms with van der Waals surface area (Å²) in [5, 5.41) is 6.70. The number of thiazole rings is 1. The second-order valence-corrected chi connectivity index (χ2v) is 6.76. The number of rotatable bonds is 6. The highest BCUT2D eigenvalue weighted by atomic mass is 32.1. The molecule has 0 aliphatic rings. The van der Waals surface area contributed by atoms with E-state index in [0.29, 0.717) is 0 Å². The van der Waals surface area contributed by atoms with E-state index in [4.69, 9.17) is 4.98 Å². The summed E-state index contributed by atoms with van der Waals surface area (Å²) in [6.45, 7) is 4.04. The number of nitrogens with one attached hydrogen (secondary N) is 1. The Balaban J connectivity index is 1.96. The summed E-state index contributed by atoms with van der Waals surface area (Å²) in [4.78, 5) is 7.40. The first-order valence-electron chi connectivity index (χ1n) is 7.18. The molecule has 0 aliphatic carbocycles. The lowest BCUT2D eigenvalue weighted by Crippen LogP contribution is -2.14. The van der Waals surface area contributed by atoms with Crippen LogP contribution in [0.15, 0.2) is 47.8 Å². The molecule has 3 aromatic rings. The fourth-order valence-corrected chi connectivity index (χ4v) is 4.06. The zero-order chi connectivity index (χ0) is 14.5. The molecule has 0 saturated heterocycles. The van der Waals surface area contributed by atoms with Gasteiger partial charge >= 0.3 is 0 Å². The van der Waals surface area contributed by atoms with Crippen molar-refractivity contribution in [1.82, 2.24) is 10.3 Å². The van der Waals surface area contributed by atoms with Gasteiger partial charge < -0.3 is 5.32 Å². The molecule has 0 aliphatic heterocycles. The molecule has 1 N–H and O–H groups in total. The third-order valence-corrected chi connectivity index (χ3v) is 5.37. The number of aromatic nitrogens is 1. The Bertz CT molecular complexity index is 672. The van der Waals surface area contributed by atoms with E-state index in [-0.39, 0.29) is 0 Å². The average Bonchev–Trinajstić information content (AvgIpc) is 3.18. The molecular formula is C17H18N2S2. The Morgan fingerprint density at radius 3 is 2.67 bits per heavy atom. The summed E-state index contributed by atoms with van der Waals surface area (Å²) < 4.78 is 0. The number of hydrogen-bond donors (Lipinski definition) is 1. The molecule has 0 saturated carbocycles. The summed E-state index contributed by atoms with van der Waals surface area (Å²) >= 11 is 3.54. The van der Waals surface area contributed by atoms with E-state index in [2.05, 4.69) is 60.1 Å². The maximum Gasteiger partial charge on any atom is 0.134 e. The molecule has 21 heavy (non-hydrogen) atoms. The molecule has 0 bridgehead atoms. The summed E-state index contributed by atoms with van der Waals surface area (Å²) in [5.74, 6) is 0. The van der Waals surface area contributed by atoms with Crippen LogP contribution in [-0.2, 0) is 6.54 Å². The van der Waals surface area contributed by atoms with Crippen LogP contribution in [0.3, 0.4) is 0 Å². The van der Waals surface area contributed by atoms with Crippen molar-refractivity contribution in [1.29, 1.82) is 0 Å². The predicted octanol–water partition coefficient (Wildman–Crippen LogP) is 5.04. The van der Waals surface area contributed by atoms with Gasteiger partial charge in [-0.25, -0.2) is 4.98 Å². The lowest BCUT2D eigenvalue weighted by atomic mass is 10.1. The maximum atomic E-state index is 4.87. The minimum Gasteiger partial charge on any atom is -0.311 e. The largest absolute Gasteiger partial charge is 0.311 e. The highest BCUT2D eigenvalue weighted by Gasteiger charge is 2.14. The van der Waals surface area contributed by atoms with E-state index in [1.54, 1.807) is 22.7 Å². The quantitative estimate of drug-likeness (QED) is 0.645. The molecule has 4 heteroatoms. The third kappa shape index (κ3) is 3.40. The van der Waals surface area contributed by atoms with Crippen molar-refractivity contribution in [2.45, 2.75) is 19.9 Å². The molecule has 0 radical (unpaired) electrons. The van der Waals surface area contributed by atoms with Crippen LogP contribution in [-0.4, -0.2) is 11.5 Å². The predicted molar refractivity (Wildman–Crippen MR) is 92.9 cm³/mol. The second-order valence-electron chi connectivity index (χ2n) is 4.81. The molecule has 0 atom stereocenters. The van der Waals surface area contributed by atoms with E-state index in [1.807, 2.05) is 0 Å².